The fraction of sp³-hybridized carbons (Fsp3) is 0.250. The normalized spacial score (nSPS) is 12.6. The van der Waals surface area contributed by atoms with E-state index < -0.39 is 0 Å². The molecule has 0 saturated heterocycles. The van der Waals surface area contributed by atoms with Gasteiger partial charge in [0, 0.05) is 11.9 Å². The summed E-state index contributed by atoms with van der Waals surface area (Å²) in [6.45, 7) is 0. The van der Waals surface area contributed by atoms with Crippen LogP contribution in [0.2, 0.25) is 0 Å². The van der Waals surface area contributed by atoms with E-state index in [4.69, 9.17) is 0 Å². The number of pyridine rings is 1. The third kappa shape index (κ3) is 2.88. The zero-order valence-electron chi connectivity index (χ0n) is 8.34. The van der Waals surface area contributed by atoms with E-state index in [1.807, 2.05) is 35.0 Å². The van der Waals surface area contributed by atoms with Crippen LogP contribution in [0, 0.1) is 0 Å². The number of aliphatic hydroxyl groups excluding tert-OH is 1. The first kappa shape index (κ1) is 10.3. The first-order valence-corrected chi connectivity index (χ1v) is 5.90. The van der Waals surface area contributed by atoms with Crippen molar-refractivity contribution in [1.82, 2.24) is 4.98 Å². The highest BCUT2D eigenvalue weighted by atomic mass is 32.1. The van der Waals surface area contributed by atoms with Crippen LogP contribution in [-0.2, 0) is 6.42 Å². The van der Waals surface area contributed by atoms with Gasteiger partial charge in [0.05, 0.1) is 6.10 Å². The van der Waals surface area contributed by atoms with Crippen molar-refractivity contribution in [3.63, 3.8) is 0 Å². The van der Waals surface area contributed by atoms with Crippen molar-refractivity contribution in [1.29, 1.82) is 0 Å². The fourth-order valence-corrected chi connectivity index (χ4v) is 2.17. The van der Waals surface area contributed by atoms with Crippen LogP contribution in [0.5, 0.6) is 0 Å². The molecule has 2 nitrogen and oxygen atoms in total. The van der Waals surface area contributed by atoms with E-state index in [1.54, 1.807) is 17.5 Å². The van der Waals surface area contributed by atoms with Crippen LogP contribution < -0.4 is 0 Å². The number of hydrogen-bond acceptors (Lipinski definition) is 3. The Morgan fingerprint density at radius 3 is 2.93 bits per heavy atom. The lowest BCUT2D eigenvalue weighted by atomic mass is 10.1. The number of hydrogen-bond donors (Lipinski definition) is 1. The number of nitrogens with zero attached hydrogens (tertiary/aromatic N) is 1. The molecular weight excluding hydrogens is 206 g/mol. The minimum Gasteiger partial charge on any atom is -0.388 e. The minimum atomic E-state index is -0.363. The Labute approximate surface area is 93.2 Å². The zero-order valence-corrected chi connectivity index (χ0v) is 9.15. The Hall–Kier alpha value is -1.19. The predicted molar refractivity (Wildman–Crippen MR) is 61.8 cm³/mol. The van der Waals surface area contributed by atoms with Gasteiger partial charge in [-0.3, -0.25) is 4.98 Å². The Morgan fingerprint density at radius 2 is 2.27 bits per heavy atom. The number of rotatable bonds is 4. The van der Waals surface area contributed by atoms with Crippen molar-refractivity contribution in [3.05, 3.63) is 52.5 Å². The average Bonchev–Trinajstić information content (AvgIpc) is 2.81. The molecule has 3 heteroatoms. The summed E-state index contributed by atoms with van der Waals surface area (Å²) in [4.78, 5) is 4.22. The Morgan fingerprint density at radius 1 is 1.33 bits per heavy atom. The van der Waals surface area contributed by atoms with E-state index in [1.165, 1.54) is 0 Å². The van der Waals surface area contributed by atoms with Gasteiger partial charge < -0.3 is 5.11 Å². The van der Waals surface area contributed by atoms with Crippen LogP contribution in [-0.4, -0.2) is 10.1 Å². The second-order valence-electron chi connectivity index (χ2n) is 3.43. The molecule has 0 aliphatic carbocycles. The van der Waals surface area contributed by atoms with E-state index in [-0.39, 0.29) is 6.10 Å². The summed E-state index contributed by atoms with van der Waals surface area (Å²) >= 11 is 1.61. The monoisotopic (exact) mass is 219 g/mol. The number of aliphatic hydroxyl groups is 1. The van der Waals surface area contributed by atoms with Gasteiger partial charge in [-0.25, -0.2) is 0 Å². The van der Waals surface area contributed by atoms with Crippen LogP contribution in [0.3, 0.4) is 0 Å². The molecule has 2 aromatic heterocycles. The predicted octanol–water partition coefficient (Wildman–Crippen LogP) is 2.81. The van der Waals surface area contributed by atoms with Crippen molar-refractivity contribution in [2.45, 2.75) is 18.9 Å². The van der Waals surface area contributed by atoms with Crippen molar-refractivity contribution >= 4 is 11.3 Å². The summed E-state index contributed by atoms with van der Waals surface area (Å²) in [6, 6.07) is 7.83. The van der Waals surface area contributed by atoms with Gasteiger partial charge in [0.15, 0.2) is 0 Å². The highest BCUT2D eigenvalue weighted by molar-refractivity contribution is 7.07. The Bertz CT molecular complexity index is 385. The number of aromatic nitrogens is 1. The van der Waals surface area contributed by atoms with E-state index >= 15 is 0 Å². The van der Waals surface area contributed by atoms with Gasteiger partial charge in [-0.2, -0.15) is 11.3 Å². The summed E-state index contributed by atoms with van der Waals surface area (Å²) in [5.74, 6) is 0. The van der Waals surface area contributed by atoms with Gasteiger partial charge in [-0.05, 0) is 47.4 Å². The lowest BCUT2D eigenvalue weighted by Gasteiger charge is -2.07. The van der Waals surface area contributed by atoms with Crippen molar-refractivity contribution in [3.8, 4) is 0 Å². The molecule has 1 unspecified atom stereocenters. The van der Waals surface area contributed by atoms with Crippen molar-refractivity contribution < 1.29 is 5.11 Å². The molecule has 1 N–H and O–H groups in total. The summed E-state index contributed by atoms with van der Waals surface area (Å²) in [6.07, 6.45) is 2.97. The Kier molecular flexibility index (Phi) is 3.48. The molecule has 0 aromatic carbocycles. The molecule has 1 atom stereocenters. The van der Waals surface area contributed by atoms with Gasteiger partial charge >= 0.3 is 0 Å². The molecule has 0 radical (unpaired) electrons. The zero-order chi connectivity index (χ0) is 10.5. The largest absolute Gasteiger partial charge is 0.388 e. The molecule has 0 spiro atoms. The van der Waals surface area contributed by atoms with Crippen LogP contribution in [0.4, 0.5) is 0 Å². The molecule has 15 heavy (non-hydrogen) atoms. The molecule has 0 fully saturated rings. The van der Waals surface area contributed by atoms with Crippen LogP contribution in [0.15, 0.2) is 41.2 Å². The average molecular weight is 219 g/mol. The standard InChI is InChI=1S/C12H13NOS/c14-12(10-6-8-15-9-10)5-4-11-3-1-2-7-13-11/h1-3,6-9,12,14H,4-5H2. The second-order valence-corrected chi connectivity index (χ2v) is 4.21. The van der Waals surface area contributed by atoms with Gasteiger partial charge in [0.2, 0.25) is 0 Å². The maximum atomic E-state index is 9.85. The maximum absolute atomic E-state index is 9.85. The van der Waals surface area contributed by atoms with Gasteiger partial charge in [0.25, 0.3) is 0 Å². The highest BCUT2D eigenvalue weighted by Crippen LogP contribution is 2.20. The summed E-state index contributed by atoms with van der Waals surface area (Å²) in [7, 11) is 0. The number of thiophene rings is 1. The lowest BCUT2D eigenvalue weighted by Crippen LogP contribution is -1.99. The molecule has 78 valence electrons. The van der Waals surface area contributed by atoms with E-state index in [0.717, 1.165) is 24.1 Å². The smallest absolute Gasteiger partial charge is 0.0801 e. The number of aryl methyl sites for hydroxylation is 1. The highest BCUT2D eigenvalue weighted by Gasteiger charge is 2.07. The van der Waals surface area contributed by atoms with Crippen LogP contribution >= 0.6 is 11.3 Å². The third-order valence-electron chi connectivity index (χ3n) is 2.33. The first-order valence-electron chi connectivity index (χ1n) is 4.96. The third-order valence-corrected chi connectivity index (χ3v) is 3.03. The SMILES string of the molecule is OC(CCc1ccccn1)c1ccsc1. The molecule has 2 aromatic rings. The van der Waals surface area contributed by atoms with Crippen LogP contribution in [0.25, 0.3) is 0 Å². The lowest BCUT2D eigenvalue weighted by molar-refractivity contribution is 0.168. The van der Waals surface area contributed by atoms with Gasteiger partial charge in [0.1, 0.15) is 0 Å². The quantitative estimate of drug-likeness (QED) is 0.857. The first-order chi connectivity index (χ1) is 7.36. The van der Waals surface area contributed by atoms with E-state index in [2.05, 4.69) is 4.98 Å². The van der Waals surface area contributed by atoms with Gasteiger partial charge in [-0.15, -0.1) is 0 Å². The second kappa shape index (κ2) is 5.05. The fourth-order valence-electron chi connectivity index (χ4n) is 1.46. The molecule has 0 aliphatic heterocycles. The Balaban J connectivity index is 1.89. The molecule has 0 amide bonds. The topological polar surface area (TPSA) is 33.1 Å². The van der Waals surface area contributed by atoms with E-state index in [9.17, 15) is 5.11 Å². The van der Waals surface area contributed by atoms with Crippen LogP contribution in [0.1, 0.15) is 23.8 Å². The molecule has 0 saturated carbocycles. The summed E-state index contributed by atoms with van der Waals surface area (Å²) in [5.41, 5.74) is 2.04. The molecule has 2 heterocycles. The summed E-state index contributed by atoms with van der Waals surface area (Å²) < 4.78 is 0. The maximum Gasteiger partial charge on any atom is 0.0801 e. The minimum absolute atomic E-state index is 0.363. The van der Waals surface area contributed by atoms with Gasteiger partial charge in [-0.1, -0.05) is 6.07 Å². The molecule has 2 rings (SSSR count). The van der Waals surface area contributed by atoms with E-state index in [0.29, 0.717) is 0 Å². The molecule has 0 bridgehead atoms. The summed E-state index contributed by atoms with van der Waals surface area (Å²) in [5, 5.41) is 13.8. The molecular formula is C12H13NOS. The van der Waals surface area contributed by atoms with Crippen molar-refractivity contribution in [2.24, 2.45) is 0 Å². The van der Waals surface area contributed by atoms with Crippen molar-refractivity contribution in [2.75, 3.05) is 0 Å². The molecule has 0 aliphatic rings.